The van der Waals surface area contributed by atoms with Crippen molar-refractivity contribution in [2.75, 3.05) is 18.4 Å². The summed E-state index contributed by atoms with van der Waals surface area (Å²) in [4.78, 5) is 23.9. The molecule has 1 amide bonds. The Kier molecular flexibility index (Phi) is 5.38. The number of aromatic nitrogens is 2. The van der Waals surface area contributed by atoms with Crippen LogP contribution in [0.3, 0.4) is 0 Å². The second-order valence-electron chi connectivity index (χ2n) is 9.53. The van der Waals surface area contributed by atoms with Crippen molar-refractivity contribution in [3.63, 3.8) is 0 Å². The fraction of sp³-hybridized carbons (Fsp3) is 0.400. The van der Waals surface area contributed by atoms with E-state index in [1.54, 1.807) is 24.3 Å². The van der Waals surface area contributed by atoms with E-state index < -0.39 is 5.54 Å². The zero-order chi connectivity index (χ0) is 22.5. The van der Waals surface area contributed by atoms with Crippen molar-refractivity contribution in [3.8, 4) is 0 Å². The molecule has 3 heterocycles. The van der Waals surface area contributed by atoms with E-state index in [-0.39, 0.29) is 11.7 Å². The lowest BCUT2D eigenvalue weighted by molar-refractivity contribution is -0.125. The van der Waals surface area contributed by atoms with Gasteiger partial charge in [0.15, 0.2) is 0 Å². The molecule has 32 heavy (non-hydrogen) atoms. The molecule has 0 unspecified atom stereocenters. The molecule has 7 heteroatoms. The van der Waals surface area contributed by atoms with Crippen LogP contribution in [-0.2, 0) is 4.79 Å². The van der Waals surface area contributed by atoms with Gasteiger partial charge in [0, 0.05) is 30.9 Å². The number of benzene rings is 1. The summed E-state index contributed by atoms with van der Waals surface area (Å²) in [5.41, 5.74) is 1.39. The summed E-state index contributed by atoms with van der Waals surface area (Å²) in [7, 11) is 0. The zero-order valence-corrected chi connectivity index (χ0v) is 18.9. The van der Waals surface area contributed by atoms with Crippen LogP contribution in [0.25, 0.3) is 10.9 Å². The lowest BCUT2D eigenvalue weighted by atomic mass is 9.92. The lowest BCUT2D eigenvalue weighted by Gasteiger charge is -2.35. The van der Waals surface area contributed by atoms with Crippen molar-refractivity contribution in [2.24, 2.45) is 11.8 Å². The highest BCUT2D eigenvalue weighted by atomic mass is 35.5. The number of anilines is 1. The number of hydrogen-bond donors (Lipinski definition) is 1. The summed E-state index contributed by atoms with van der Waals surface area (Å²) in [6.45, 7) is 5.70. The van der Waals surface area contributed by atoms with Gasteiger partial charge >= 0.3 is 0 Å². The summed E-state index contributed by atoms with van der Waals surface area (Å²) >= 11 is 5.89. The number of fused-ring (bicyclic) bond motifs is 2. The first kappa shape index (κ1) is 21.3. The maximum absolute atomic E-state index is 13.9. The molecule has 1 aliphatic heterocycles. The number of carbonyl (C=O) groups is 1. The highest BCUT2D eigenvalue weighted by Gasteiger charge is 2.47. The van der Waals surface area contributed by atoms with Crippen molar-refractivity contribution in [2.45, 2.75) is 38.1 Å². The molecule has 5 rings (SSSR count). The van der Waals surface area contributed by atoms with Gasteiger partial charge in [-0.2, -0.15) is 0 Å². The standard InChI is InChI=1S/C25H26ClFN4O/c1-25(2,24(32)30-23-6-3-18(26)12-29-23)31-13-16-9-15(10-17(16)14-31)20-7-8-28-22-5-4-19(27)11-21(20)22/h3-8,11-12,15-17H,9-10,13-14H2,1-2H3,(H,29,30,32)/t15-,16-,17+. The first-order chi connectivity index (χ1) is 15.3. The van der Waals surface area contributed by atoms with Gasteiger partial charge in [-0.1, -0.05) is 11.6 Å². The first-order valence-electron chi connectivity index (χ1n) is 11.0. The number of nitrogens with one attached hydrogen (secondary N) is 1. The molecule has 0 bridgehead atoms. The molecule has 2 fully saturated rings. The van der Waals surface area contributed by atoms with Crippen LogP contribution < -0.4 is 5.32 Å². The number of likely N-dealkylation sites (tertiary alicyclic amines) is 1. The Hall–Kier alpha value is -2.57. The van der Waals surface area contributed by atoms with E-state index >= 15 is 0 Å². The minimum Gasteiger partial charge on any atom is -0.309 e. The normalized spacial score (nSPS) is 23.4. The predicted octanol–water partition coefficient (Wildman–Crippen LogP) is 5.27. The maximum Gasteiger partial charge on any atom is 0.245 e. The molecular formula is C25H26ClFN4O. The maximum atomic E-state index is 13.9. The van der Waals surface area contributed by atoms with Crippen LogP contribution in [0, 0.1) is 17.7 Å². The molecule has 1 aromatic carbocycles. The monoisotopic (exact) mass is 452 g/mol. The van der Waals surface area contributed by atoms with Gasteiger partial charge in [-0.25, -0.2) is 9.37 Å². The summed E-state index contributed by atoms with van der Waals surface area (Å²) in [6.07, 6.45) is 5.45. The molecule has 1 aliphatic carbocycles. The molecule has 1 N–H and O–H groups in total. The number of carbonyl (C=O) groups excluding carboxylic acids is 1. The molecule has 3 atom stereocenters. The zero-order valence-electron chi connectivity index (χ0n) is 18.2. The van der Waals surface area contributed by atoms with Gasteiger partial charge in [0.05, 0.1) is 16.1 Å². The summed E-state index contributed by atoms with van der Waals surface area (Å²) in [5.74, 6) is 1.66. The molecule has 2 aromatic heterocycles. The Morgan fingerprint density at radius 3 is 2.56 bits per heavy atom. The minimum atomic E-state index is -0.645. The molecule has 2 aliphatic rings. The Labute approximate surface area is 192 Å². The molecular weight excluding hydrogens is 427 g/mol. The van der Waals surface area contributed by atoms with Crippen molar-refractivity contribution in [1.29, 1.82) is 0 Å². The van der Waals surface area contributed by atoms with E-state index in [0.717, 1.165) is 36.8 Å². The van der Waals surface area contributed by atoms with Crippen LogP contribution in [-0.4, -0.2) is 39.4 Å². The average molecular weight is 453 g/mol. The van der Waals surface area contributed by atoms with Crippen LogP contribution >= 0.6 is 11.6 Å². The van der Waals surface area contributed by atoms with E-state index in [1.807, 2.05) is 26.1 Å². The topological polar surface area (TPSA) is 58.1 Å². The number of nitrogens with zero attached hydrogens (tertiary/aromatic N) is 3. The average Bonchev–Trinajstić information content (AvgIpc) is 3.34. The highest BCUT2D eigenvalue weighted by Crippen LogP contribution is 2.48. The van der Waals surface area contributed by atoms with E-state index in [0.29, 0.717) is 28.6 Å². The van der Waals surface area contributed by atoms with Gasteiger partial charge < -0.3 is 5.32 Å². The number of halogens is 2. The van der Waals surface area contributed by atoms with Crippen LogP contribution in [0.5, 0.6) is 0 Å². The number of hydrogen-bond acceptors (Lipinski definition) is 4. The van der Waals surface area contributed by atoms with Gasteiger partial charge in [-0.05, 0) is 86.4 Å². The summed E-state index contributed by atoms with van der Waals surface area (Å²) < 4.78 is 13.9. The summed E-state index contributed by atoms with van der Waals surface area (Å²) in [6, 6.07) is 10.3. The molecule has 1 saturated heterocycles. The quantitative estimate of drug-likeness (QED) is 0.586. The van der Waals surface area contributed by atoms with Crippen LogP contribution in [0.2, 0.25) is 5.02 Å². The Bertz CT molecular complexity index is 1150. The first-order valence-corrected chi connectivity index (χ1v) is 11.4. The predicted molar refractivity (Wildman–Crippen MR) is 124 cm³/mol. The second-order valence-corrected chi connectivity index (χ2v) is 9.97. The van der Waals surface area contributed by atoms with Gasteiger partial charge in [0.1, 0.15) is 11.6 Å². The molecule has 1 saturated carbocycles. The largest absolute Gasteiger partial charge is 0.309 e. The second kappa shape index (κ2) is 8.09. The van der Waals surface area contributed by atoms with Crippen LogP contribution in [0.4, 0.5) is 10.2 Å². The molecule has 0 spiro atoms. The Morgan fingerprint density at radius 1 is 1.12 bits per heavy atom. The van der Waals surface area contributed by atoms with E-state index in [9.17, 15) is 9.18 Å². The van der Waals surface area contributed by atoms with Gasteiger partial charge in [0.2, 0.25) is 5.91 Å². The van der Waals surface area contributed by atoms with Crippen LogP contribution in [0.15, 0.2) is 48.8 Å². The molecule has 3 aromatic rings. The Morgan fingerprint density at radius 2 is 1.88 bits per heavy atom. The van der Waals surface area contributed by atoms with Gasteiger partial charge in [-0.15, -0.1) is 0 Å². The number of pyridine rings is 2. The fourth-order valence-electron chi connectivity index (χ4n) is 5.37. The summed E-state index contributed by atoms with van der Waals surface area (Å²) in [5, 5.41) is 4.38. The lowest BCUT2D eigenvalue weighted by Crippen LogP contribution is -2.52. The van der Waals surface area contributed by atoms with Crippen molar-refractivity contribution in [3.05, 3.63) is 65.2 Å². The third kappa shape index (κ3) is 3.86. The van der Waals surface area contributed by atoms with Crippen molar-refractivity contribution < 1.29 is 9.18 Å². The fourth-order valence-corrected chi connectivity index (χ4v) is 5.48. The van der Waals surface area contributed by atoms with E-state index in [1.165, 1.54) is 17.8 Å². The number of rotatable bonds is 4. The minimum absolute atomic E-state index is 0.0700. The molecule has 0 radical (unpaired) electrons. The number of amides is 1. The Balaban J connectivity index is 1.28. The molecule has 166 valence electrons. The van der Waals surface area contributed by atoms with Gasteiger partial charge in [-0.3, -0.25) is 14.7 Å². The van der Waals surface area contributed by atoms with E-state index in [4.69, 9.17) is 11.6 Å². The molecule has 5 nitrogen and oxygen atoms in total. The van der Waals surface area contributed by atoms with Gasteiger partial charge in [0.25, 0.3) is 0 Å². The van der Waals surface area contributed by atoms with Crippen molar-refractivity contribution >= 4 is 34.2 Å². The van der Waals surface area contributed by atoms with Crippen LogP contribution in [0.1, 0.15) is 38.2 Å². The highest BCUT2D eigenvalue weighted by molar-refractivity contribution is 6.30. The van der Waals surface area contributed by atoms with E-state index in [2.05, 4.69) is 20.2 Å². The third-order valence-corrected chi connectivity index (χ3v) is 7.47. The van der Waals surface area contributed by atoms with Crippen molar-refractivity contribution in [1.82, 2.24) is 14.9 Å². The third-order valence-electron chi connectivity index (χ3n) is 7.24. The smallest absolute Gasteiger partial charge is 0.245 e. The SMILES string of the molecule is CC(C)(C(=O)Nc1ccc(Cl)cn1)N1C[C@H]2C[C@@H](c3ccnc4ccc(F)cc34)C[C@H]2C1.